The van der Waals surface area contributed by atoms with Gasteiger partial charge in [0.15, 0.2) is 9.84 Å². The van der Waals surface area contributed by atoms with E-state index in [0.717, 1.165) is 31.7 Å². The summed E-state index contributed by atoms with van der Waals surface area (Å²) in [4.78, 5) is 0.385. The maximum Gasteiger partial charge on any atom is 0.178 e. The third-order valence-corrected chi connectivity index (χ3v) is 4.70. The summed E-state index contributed by atoms with van der Waals surface area (Å²) in [5.74, 6) is 0.135. The van der Waals surface area contributed by atoms with Crippen molar-refractivity contribution >= 4 is 15.5 Å². The van der Waals surface area contributed by atoms with Gasteiger partial charge in [-0.25, -0.2) is 8.42 Å². The summed E-state index contributed by atoms with van der Waals surface area (Å²) in [6.07, 6.45) is 2.34. The van der Waals surface area contributed by atoms with Crippen LogP contribution in [0.25, 0.3) is 0 Å². The van der Waals surface area contributed by atoms with Crippen molar-refractivity contribution in [3.05, 3.63) is 24.3 Å². The van der Waals surface area contributed by atoms with Crippen LogP contribution >= 0.6 is 0 Å². The first kappa shape index (κ1) is 17.0. The van der Waals surface area contributed by atoms with Crippen molar-refractivity contribution in [1.82, 2.24) is 0 Å². The Morgan fingerprint density at radius 1 is 1.15 bits per heavy atom. The van der Waals surface area contributed by atoms with Gasteiger partial charge in [0.2, 0.25) is 0 Å². The van der Waals surface area contributed by atoms with Crippen LogP contribution in [0.2, 0.25) is 0 Å². The molecule has 0 spiro atoms. The number of unbranched alkanes of at least 4 members (excludes halogenated alkanes) is 1. The number of benzene rings is 1. The minimum absolute atomic E-state index is 0.135. The molecule has 0 aliphatic heterocycles. The molecule has 0 atom stereocenters. The zero-order chi connectivity index (χ0) is 15.0. The normalized spacial score (nSPS) is 11.8. The van der Waals surface area contributed by atoms with Crippen molar-refractivity contribution in [2.24, 2.45) is 0 Å². The van der Waals surface area contributed by atoms with Crippen LogP contribution in [0.3, 0.4) is 0 Å². The molecule has 1 rings (SSSR count). The van der Waals surface area contributed by atoms with Gasteiger partial charge in [-0.2, -0.15) is 0 Å². The molecule has 1 N–H and O–H groups in total. The van der Waals surface area contributed by atoms with Crippen molar-refractivity contribution in [1.29, 1.82) is 0 Å². The van der Waals surface area contributed by atoms with E-state index < -0.39 is 9.84 Å². The highest BCUT2D eigenvalue weighted by molar-refractivity contribution is 7.91. The fourth-order valence-corrected chi connectivity index (χ4v) is 2.61. The van der Waals surface area contributed by atoms with E-state index in [9.17, 15) is 8.42 Å². The summed E-state index contributed by atoms with van der Waals surface area (Å²) in [5, 5.41) is 3.28. The second-order valence-electron chi connectivity index (χ2n) is 4.98. The minimum Gasteiger partial charge on any atom is -0.385 e. The Labute approximate surface area is 122 Å². The highest BCUT2D eigenvalue weighted by Gasteiger charge is 2.10. The number of sulfone groups is 1. The summed E-state index contributed by atoms with van der Waals surface area (Å²) in [6.45, 7) is 7.36. The van der Waals surface area contributed by atoms with Gasteiger partial charge in [0.25, 0.3) is 0 Å². The average Bonchev–Trinajstić information content (AvgIpc) is 2.43. The van der Waals surface area contributed by atoms with Crippen molar-refractivity contribution in [2.45, 2.75) is 44.6 Å². The standard InChI is InChI=1S/C15H25NO3S/c1-4-20(17,18)15-9-7-14(8-10-15)16-11-5-6-12-19-13(2)3/h7-10,13,16H,4-6,11-12H2,1-3H3. The molecule has 20 heavy (non-hydrogen) atoms. The second kappa shape index (κ2) is 8.27. The van der Waals surface area contributed by atoms with Gasteiger partial charge < -0.3 is 10.1 Å². The number of ether oxygens (including phenoxy) is 1. The van der Waals surface area contributed by atoms with Gasteiger partial charge in [0, 0.05) is 18.8 Å². The Morgan fingerprint density at radius 2 is 1.80 bits per heavy atom. The van der Waals surface area contributed by atoms with E-state index >= 15 is 0 Å². The maximum absolute atomic E-state index is 11.7. The van der Waals surface area contributed by atoms with E-state index in [1.165, 1.54) is 0 Å². The number of nitrogens with one attached hydrogen (secondary N) is 1. The van der Waals surface area contributed by atoms with Crippen LogP contribution in [-0.4, -0.2) is 33.4 Å². The van der Waals surface area contributed by atoms with E-state index in [2.05, 4.69) is 5.32 Å². The number of hydrogen-bond donors (Lipinski definition) is 1. The molecule has 0 saturated carbocycles. The fraction of sp³-hybridized carbons (Fsp3) is 0.600. The SMILES string of the molecule is CCS(=O)(=O)c1ccc(NCCCCOC(C)C)cc1. The molecule has 0 fully saturated rings. The quantitative estimate of drug-likeness (QED) is 0.712. The van der Waals surface area contributed by atoms with Crippen LogP contribution in [0.5, 0.6) is 0 Å². The molecular formula is C15H25NO3S. The van der Waals surface area contributed by atoms with Crippen LogP contribution in [0, 0.1) is 0 Å². The zero-order valence-electron chi connectivity index (χ0n) is 12.6. The van der Waals surface area contributed by atoms with Crippen molar-refractivity contribution in [2.75, 3.05) is 24.2 Å². The molecule has 4 nitrogen and oxygen atoms in total. The number of rotatable bonds is 9. The Morgan fingerprint density at radius 3 is 2.35 bits per heavy atom. The van der Waals surface area contributed by atoms with Gasteiger partial charge >= 0.3 is 0 Å². The highest BCUT2D eigenvalue weighted by Crippen LogP contribution is 2.15. The van der Waals surface area contributed by atoms with Crippen molar-refractivity contribution < 1.29 is 13.2 Å². The predicted octanol–water partition coefficient (Wildman–Crippen LogP) is 3.10. The van der Waals surface area contributed by atoms with Gasteiger partial charge in [-0.15, -0.1) is 0 Å². The van der Waals surface area contributed by atoms with Crippen LogP contribution in [0.1, 0.15) is 33.6 Å². The molecule has 0 radical (unpaired) electrons. The summed E-state index contributed by atoms with van der Waals surface area (Å²) >= 11 is 0. The largest absolute Gasteiger partial charge is 0.385 e. The lowest BCUT2D eigenvalue weighted by atomic mass is 10.3. The molecule has 5 heteroatoms. The summed E-state index contributed by atoms with van der Waals surface area (Å²) in [6, 6.07) is 6.94. The Hall–Kier alpha value is -1.07. The van der Waals surface area contributed by atoms with E-state index in [-0.39, 0.29) is 11.9 Å². The van der Waals surface area contributed by atoms with E-state index in [0.29, 0.717) is 4.90 Å². The molecule has 114 valence electrons. The Bertz CT molecular complexity index is 480. The molecular weight excluding hydrogens is 274 g/mol. The first-order valence-electron chi connectivity index (χ1n) is 7.14. The molecule has 0 saturated heterocycles. The lowest BCUT2D eigenvalue weighted by molar-refractivity contribution is 0.0765. The average molecular weight is 299 g/mol. The molecule has 0 unspecified atom stereocenters. The lowest BCUT2D eigenvalue weighted by Gasteiger charge is -2.09. The second-order valence-corrected chi connectivity index (χ2v) is 7.26. The molecule has 0 aliphatic rings. The topological polar surface area (TPSA) is 55.4 Å². The maximum atomic E-state index is 11.7. The third-order valence-electron chi connectivity index (χ3n) is 2.94. The van der Waals surface area contributed by atoms with Gasteiger partial charge in [0.05, 0.1) is 16.8 Å². The van der Waals surface area contributed by atoms with E-state index in [1.807, 2.05) is 26.0 Å². The molecule has 0 aromatic heterocycles. The van der Waals surface area contributed by atoms with Gasteiger partial charge in [-0.3, -0.25) is 0 Å². The van der Waals surface area contributed by atoms with Crippen LogP contribution in [0.15, 0.2) is 29.2 Å². The van der Waals surface area contributed by atoms with Crippen LogP contribution in [0.4, 0.5) is 5.69 Å². The van der Waals surface area contributed by atoms with Crippen LogP contribution in [-0.2, 0) is 14.6 Å². The zero-order valence-corrected chi connectivity index (χ0v) is 13.4. The smallest absolute Gasteiger partial charge is 0.178 e. The molecule has 0 bridgehead atoms. The first-order chi connectivity index (χ1) is 9.45. The molecule has 0 aliphatic carbocycles. The van der Waals surface area contributed by atoms with Gasteiger partial charge in [-0.05, 0) is 51.0 Å². The summed E-state index contributed by atoms with van der Waals surface area (Å²) in [5.41, 5.74) is 0.949. The molecule has 0 amide bonds. The van der Waals surface area contributed by atoms with Gasteiger partial charge in [0.1, 0.15) is 0 Å². The monoisotopic (exact) mass is 299 g/mol. The first-order valence-corrected chi connectivity index (χ1v) is 8.79. The van der Waals surface area contributed by atoms with E-state index in [4.69, 9.17) is 4.74 Å². The van der Waals surface area contributed by atoms with E-state index in [1.54, 1.807) is 19.1 Å². The highest BCUT2D eigenvalue weighted by atomic mass is 32.2. The Kier molecular flexibility index (Phi) is 7.02. The molecule has 1 aromatic rings. The molecule has 1 aromatic carbocycles. The van der Waals surface area contributed by atoms with Crippen molar-refractivity contribution in [3.8, 4) is 0 Å². The summed E-state index contributed by atoms with van der Waals surface area (Å²) < 4.78 is 28.8. The van der Waals surface area contributed by atoms with Crippen molar-refractivity contribution in [3.63, 3.8) is 0 Å². The predicted molar refractivity (Wildman–Crippen MR) is 83.0 cm³/mol. The Balaban J connectivity index is 2.32. The fourth-order valence-electron chi connectivity index (χ4n) is 1.73. The third kappa shape index (κ3) is 5.92. The van der Waals surface area contributed by atoms with Crippen LogP contribution < -0.4 is 5.32 Å². The number of anilines is 1. The minimum atomic E-state index is -3.10. The number of hydrogen-bond acceptors (Lipinski definition) is 4. The van der Waals surface area contributed by atoms with Gasteiger partial charge in [-0.1, -0.05) is 6.92 Å². The summed E-state index contributed by atoms with van der Waals surface area (Å²) in [7, 11) is -3.10. The molecule has 0 heterocycles. The lowest BCUT2D eigenvalue weighted by Crippen LogP contribution is -2.07.